The lowest BCUT2D eigenvalue weighted by Gasteiger charge is -2.17. The predicted octanol–water partition coefficient (Wildman–Crippen LogP) is 4.04. The van der Waals surface area contributed by atoms with Crippen molar-refractivity contribution < 1.29 is 0 Å². The van der Waals surface area contributed by atoms with E-state index in [9.17, 15) is 0 Å². The van der Waals surface area contributed by atoms with Gasteiger partial charge in [0.15, 0.2) is 0 Å². The van der Waals surface area contributed by atoms with Crippen molar-refractivity contribution in [3.8, 4) is 0 Å². The van der Waals surface area contributed by atoms with Crippen LogP contribution in [0.5, 0.6) is 0 Å². The van der Waals surface area contributed by atoms with Crippen LogP contribution >= 0.6 is 11.8 Å². The van der Waals surface area contributed by atoms with Crippen molar-refractivity contribution in [1.29, 1.82) is 0 Å². The van der Waals surface area contributed by atoms with Gasteiger partial charge in [-0.05, 0) is 25.0 Å². The summed E-state index contributed by atoms with van der Waals surface area (Å²) >= 11 is 2.01. The molecule has 94 valence electrons. The standard InChI is InChI=1S/C15H23NS/c1-3-4-7-12(2)16-10-13-11-17-15-9-6-5-8-14(13)15/h5-6,8-9,12-13,16H,3-4,7,10-11H2,1-2H3. The van der Waals surface area contributed by atoms with Gasteiger partial charge in [0.05, 0.1) is 0 Å². The van der Waals surface area contributed by atoms with Crippen LogP contribution in [-0.2, 0) is 0 Å². The number of fused-ring (bicyclic) bond motifs is 1. The molecule has 2 unspecified atom stereocenters. The Labute approximate surface area is 109 Å². The zero-order valence-electron chi connectivity index (χ0n) is 10.9. The SMILES string of the molecule is CCCCC(C)NCC1CSc2ccccc21. The van der Waals surface area contributed by atoms with Crippen LogP contribution in [0.2, 0.25) is 0 Å². The van der Waals surface area contributed by atoms with Gasteiger partial charge in [-0.2, -0.15) is 0 Å². The molecule has 2 heteroatoms. The van der Waals surface area contributed by atoms with Gasteiger partial charge in [-0.1, -0.05) is 38.0 Å². The molecule has 1 aromatic rings. The molecule has 0 fully saturated rings. The lowest BCUT2D eigenvalue weighted by atomic mass is 10.0. The molecule has 1 heterocycles. The smallest absolute Gasteiger partial charge is 0.0108 e. The van der Waals surface area contributed by atoms with Crippen LogP contribution in [0.1, 0.15) is 44.6 Å². The van der Waals surface area contributed by atoms with Gasteiger partial charge in [0.25, 0.3) is 0 Å². The second kappa shape index (κ2) is 6.46. The number of unbranched alkanes of at least 4 members (excludes halogenated alkanes) is 1. The molecule has 0 amide bonds. The largest absolute Gasteiger partial charge is 0.314 e. The minimum Gasteiger partial charge on any atom is -0.314 e. The van der Waals surface area contributed by atoms with E-state index in [0.717, 1.165) is 6.54 Å². The van der Waals surface area contributed by atoms with Gasteiger partial charge >= 0.3 is 0 Å². The van der Waals surface area contributed by atoms with Gasteiger partial charge in [0, 0.05) is 29.2 Å². The predicted molar refractivity (Wildman–Crippen MR) is 76.9 cm³/mol. The Morgan fingerprint density at radius 1 is 1.41 bits per heavy atom. The maximum Gasteiger partial charge on any atom is 0.0108 e. The summed E-state index contributed by atoms with van der Waals surface area (Å²) in [6, 6.07) is 9.51. The summed E-state index contributed by atoms with van der Waals surface area (Å²) < 4.78 is 0. The van der Waals surface area contributed by atoms with Crippen LogP contribution in [-0.4, -0.2) is 18.3 Å². The molecule has 0 bridgehead atoms. The zero-order chi connectivity index (χ0) is 12.1. The van der Waals surface area contributed by atoms with E-state index in [1.54, 1.807) is 5.56 Å². The molecule has 2 rings (SSSR count). The Hall–Kier alpha value is -0.470. The number of hydrogen-bond acceptors (Lipinski definition) is 2. The van der Waals surface area contributed by atoms with E-state index in [1.807, 2.05) is 11.8 Å². The molecule has 17 heavy (non-hydrogen) atoms. The Kier molecular flexibility index (Phi) is 4.93. The number of nitrogens with one attached hydrogen (secondary N) is 1. The maximum atomic E-state index is 3.69. The summed E-state index contributed by atoms with van der Waals surface area (Å²) in [6.07, 6.45) is 3.94. The molecular formula is C15H23NS. The number of benzene rings is 1. The molecule has 0 aromatic heterocycles. The highest BCUT2D eigenvalue weighted by atomic mass is 32.2. The average molecular weight is 249 g/mol. The highest BCUT2D eigenvalue weighted by Gasteiger charge is 2.22. The van der Waals surface area contributed by atoms with Crippen LogP contribution in [0.3, 0.4) is 0 Å². The first-order valence-electron chi connectivity index (χ1n) is 6.76. The molecule has 1 aromatic carbocycles. The Bertz CT molecular complexity index is 351. The van der Waals surface area contributed by atoms with E-state index >= 15 is 0 Å². The molecule has 1 aliphatic rings. The first-order chi connectivity index (χ1) is 8.31. The molecule has 0 spiro atoms. The summed E-state index contributed by atoms with van der Waals surface area (Å²) in [6.45, 7) is 5.70. The van der Waals surface area contributed by atoms with Crippen molar-refractivity contribution in [3.05, 3.63) is 29.8 Å². The van der Waals surface area contributed by atoms with Crippen LogP contribution in [0.25, 0.3) is 0 Å². The number of rotatable bonds is 6. The highest BCUT2D eigenvalue weighted by molar-refractivity contribution is 7.99. The molecule has 1 aliphatic heterocycles. The van der Waals surface area contributed by atoms with Crippen molar-refractivity contribution in [2.45, 2.75) is 50.0 Å². The lowest BCUT2D eigenvalue weighted by molar-refractivity contribution is 0.480. The van der Waals surface area contributed by atoms with Crippen LogP contribution < -0.4 is 5.32 Å². The normalized spacial score (nSPS) is 20.2. The summed E-state index contributed by atoms with van der Waals surface area (Å²) in [5.41, 5.74) is 1.55. The molecule has 1 nitrogen and oxygen atoms in total. The van der Waals surface area contributed by atoms with E-state index in [4.69, 9.17) is 0 Å². The van der Waals surface area contributed by atoms with Crippen molar-refractivity contribution in [2.75, 3.05) is 12.3 Å². The summed E-state index contributed by atoms with van der Waals surface area (Å²) in [7, 11) is 0. The first-order valence-corrected chi connectivity index (χ1v) is 7.75. The monoisotopic (exact) mass is 249 g/mol. The quantitative estimate of drug-likeness (QED) is 0.816. The van der Waals surface area contributed by atoms with Crippen molar-refractivity contribution in [2.24, 2.45) is 0 Å². The van der Waals surface area contributed by atoms with Gasteiger partial charge in [-0.25, -0.2) is 0 Å². The second-order valence-corrected chi connectivity index (χ2v) is 6.06. The average Bonchev–Trinajstić information content (AvgIpc) is 2.77. The molecule has 0 saturated heterocycles. The Morgan fingerprint density at radius 2 is 2.24 bits per heavy atom. The zero-order valence-corrected chi connectivity index (χ0v) is 11.7. The van der Waals surface area contributed by atoms with E-state index < -0.39 is 0 Å². The molecule has 0 saturated carbocycles. The van der Waals surface area contributed by atoms with Gasteiger partial charge in [-0.15, -0.1) is 11.8 Å². The van der Waals surface area contributed by atoms with Crippen LogP contribution in [0.15, 0.2) is 29.2 Å². The van der Waals surface area contributed by atoms with E-state index in [0.29, 0.717) is 12.0 Å². The maximum absolute atomic E-state index is 3.69. The fraction of sp³-hybridized carbons (Fsp3) is 0.600. The Morgan fingerprint density at radius 3 is 3.06 bits per heavy atom. The third-order valence-corrected chi connectivity index (χ3v) is 4.75. The van der Waals surface area contributed by atoms with Crippen molar-refractivity contribution >= 4 is 11.8 Å². The number of hydrogen-bond donors (Lipinski definition) is 1. The molecule has 0 aliphatic carbocycles. The van der Waals surface area contributed by atoms with Gasteiger partial charge in [0.1, 0.15) is 0 Å². The highest BCUT2D eigenvalue weighted by Crippen LogP contribution is 2.38. The molecule has 0 radical (unpaired) electrons. The fourth-order valence-electron chi connectivity index (χ4n) is 2.35. The van der Waals surface area contributed by atoms with Crippen molar-refractivity contribution in [1.82, 2.24) is 5.32 Å². The van der Waals surface area contributed by atoms with Gasteiger partial charge in [-0.3, -0.25) is 0 Å². The van der Waals surface area contributed by atoms with Crippen LogP contribution in [0.4, 0.5) is 0 Å². The second-order valence-electron chi connectivity index (χ2n) is 5.00. The fourth-order valence-corrected chi connectivity index (χ4v) is 3.61. The van der Waals surface area contributed by atoms with E-state index in [-0.39, 0.29) is 0 Å². The summed E-state index contributed by atoms with van der Waals surface area (Å²) in [5, 5.41) is 3.69. The first kappa shape index (κ1) is 13.0. The summed E-state index contributed by atoms with van der Waals surface area (Å²) in [4.78, 5) is 1.49. The molecular weight excluding hydrogens is 226 g/mol. The summed E-state index contributed by atoms with van der Waals surface area (Å²) in [5.74, 6) is 1.95. The Balaban J connectivity index is 1.81. The van der Waals surface area contributed by atoms with Crippen LogP contribution in [0, 0.1) is 0 Å². The third-order valence-electron chi connectivity index (χ3n) is 3.50. The van der Waals surface area contributed by atoms with E-state index in [2.05, 4.69) is 43.4 Å². The topological polar surface area (TPSA) is 12.0 Å². The minimum atomic E-state index is 0.660. The van der Waals surface area contributed by atoms with E-state index in [1.165, 1.54) is 29.9 Å². The van der Waals surface area contributed by atoms with Gasteiger partial charge in [0.2, 0.25) is 0 Å². The molecule has 2 atom stereocenters. The van der Waals surface area contributed by atoms with Crippen molar-refractivity contribution in [3.63, 3.8) is 0 Å². The minimum absolute atomic E-state index is 0.660. The third kappa shape index (κ3) is 3.49. The van der Waals surface area contributed by atoms with Gasteiger partial charge < -0.3 is 5.32 Å². The number of thioether (sulfide) groups is 1. The lowest BCUT2D eigenvalue weighted by Crippen LogP contribution is -2.30. The molecule has 1 N–H and O–H groups in total.